The minimum atomic E-state index is -5.08. The maximum atomic E-state index is 14.1. The van der Waals surface area contributed by atoms with Crippen molar-refractivity contribution in [2.24, 2.45) is 0 Å². The Balaban J connectivity index is 0.000000351. The Bertz CT molecular complexity index is 670. The van der Waals surface area contributed by atoms with Crippen molar-refractivity contribution < 1.29 is 41.0 Å². The lowest BCUT2D eigenvalue weighted by atomic mass is 9.99. The minimum absolute atomic E-state index is 0.0767. The average molecular weight is 369 g/mol. The van der Waals surface area contributed by atoms with Crippen LogP contribution in [0.15, 0.2) is 18.2 Å². The van der Waals surface area contributed by atoms with Gasteiger partial charge >= 0.3 is 11.5 Å². The molecule has 0 bridgehead atoms. The molecule has 0 spiro atoms. The molecule has 1 aromatic carbocycles. The second-order valence-corrected chi connectivity index (χ2v) is 5.54. The fourth-order valence-corrected chi connectivity index (χ4v) is 2.00. The summed E-state index contributed by atoms with van der Waals surface area (Å²) in [5, 5.41) is 9.73. The average Bonchev–Trinajstić information content (AvgIpc) is 2.69. The van der Waals surface area contributed by atoms with Gasteiger partial charge in [-0.25, -0.2) is 9.18 Å². The third-order valence-corrected chi connectivity index (χ3v) is 3.46. The van der Waals surface area contributed by atoms with Gasteiger partial charge in [-0.1, -0.05) is 0 Å². The zero-order chi connectivity index (χ0) is 18.5. The molecular formula is C14H13F4O5S-. The first kappa shape index (κ1) is 20.1. The Labute approximate surface area is 137 Å². The molecule has 1 aliphatic rings. The zero-order valence-electron chi connectivity index (χ0n) is 12.4. The molecule has 5 nitrogen and oxygen atoms in total. The van der Waals surface area contributed by atoms with E-state index in [2.05, 4.69) is 4.74 Å². The molecule has 1 aromatic rings. The number of benzene rings is 1. The lowest BCUT2D eigenvalue weighted by molar-refractivity contribution is -0.0452. The van der Waals surface area contributed by atoms with Crippen LogP contribution in [-0.2, 0) is 22.2 Å². The van der Waals surface area contributed by atoms with Crippen molar-refractivity contribution in [3.05, 3.63) is 40.7 Å². The quantitative estimate of drug-likeness (QED) is 0.467. The number of ether oxygens (including phenoxy) is 1. The van der Waals surface area contributed by atoms with Gasteiger partial charge in [0.2, 0.25) is 0 Å². The summed E-state index contributed by atoms with van der Waals surface area (Å²) in [6.45, 7) is 0. The topological polar surface area (TPSA) is 86.7 Å². The van der Waals surface area contributed by atoms with Crippen molar-refractivity contribution in [1.82, 2.24) is 0 Å². The van der Waals surface area contributed by atoms with Gasteiger partial charge in [0.1, 0.15) is 11.6 Å². The van der Waals surface area contributed by atoms with E-state index in [4.69, 9.17) is 8.76 Å². The maximum Gasteiger partial charge on any atom is 0.458 e. The van der Waals surface area contributed by atoms with Gasteiger partial charge in [0.15, 0.2) is 0 Å². The zero-order valence-corrected chi connectivity index (χ0v) is 13.2. The Hall–Kier alpha value is -1.94. The van der Waals surface area contributed by atoms with Crippen LogP contribution in [0.4, 0.5) is 17.6 Å². The highest BCUT2D eigenvalue weighted by Gasteiger charge is 2.28. The molecule has 24 heavy (non-hydrogen) atoms. The van der Waals surface area contributed by atoms with Crippen molar-refractivity contribution in [3.8, 4) is 0 Å². The van der Waals surface area contributed by atoms with Gasteiger partial charge in [-0.3, -0.25) is 4.21 Å². The lowest BCUT2D eigenvalue weighted by Crippen LogP contribution is -2.14. The highest BCUT2D eigenvalue weighted by atomic mass is 32.2. The van der Waals surface area contributed by atoms with Crippen LogP contribution in [0.5, 0.6) is 0 Å². The number of carbonyl (C=O) groups is 1. The molecule has 0 aliphatic heterocycles. The highest BCUT2D eigenvalue weighted by Crippen LogP contribution is 2.28. The molecule has 0 saturated heterocycles. The van der Waals surface area contributed by atoms with E-state index in [1.807, 2.05) is 0 Å². The summed E-state index contributed by atoms with van der Waals surface area (Å²) >= 11 is -3.93. The van der Waals surface area contributed by atoms with Crippen LogP contribution in [-0.4, -0.2) is 32.5 Å². The number of aliphatic hydroxyl groups excluding tert-OH is 1. The van der Waals surface area contributed by atoms with Crippen molar-refractivity contribution in [3.63, 3.8) is 0 Å². The number of allylic oxidation sites excluding steroid dienone is 1. The Kier molecular flexibility index (Phi) is 6.91. The molecule has 1 unspecified atom stereocenters. The van der Waals surface area contributed by atoms with Crippen molar-refractivity contribution >= 4 is 22.8 Å². The lowest BCUT2D eigenvalue weighted by Gasteiger charge is -2.10. The van der Waals surface area contributed by atoms with Crippen molar-refractivity contribution in [1.29, 1.82) is 0 Å². The van der Waals surface area contributed by atoms with Crippen molar-refractivity contribution in [2.75, 3.05) is 7.11 Å². The first-order valence-corrected chi connectivity index (χ1v) is 7.62. The predicted octanol–water partition coefficient (Wildman–Crippen LogP) is 3.23. The van der Waals surface area contributed by atoms with Gasteiger partial charge in [0, 0.05) is 5.56 Å². The highest BCUT2D eigenvalue weighted by molar-refractivity contribution is 7.80. The number of esters is 1. The number of hydrogen-bond acceptors (Lipinski definition) is 5. The van der Waals surface area contributed by atoms with E-state index in [9.17, 15) is 27.5 Å². The third-order valence-electron chi connectivity index (χ3n) is 3.08. The van der Waals surface area contributed by atoms with Crippen LogP contribution < -0.4 is 0 Å². The van der Waals surface area contributed by atoms with E-state index in [-0.39, 0.29) is 11.3 Å². The normalized spacial score (nSPS) is 15.2. The van der Waals surface area contributed by atoms with Crippen LogP contribution in [0, 0.1) is 5.82 Å². The summed E-state index contributed by atoms with van der Waals surface area (Å²) < 4.78 is 68.1. The fourth-order valence-electron chi connectivity index (χ4n) is 2.00. The summed E-state index contributed by atoms with van der Waals surface area (Å²) in [5.41, 5.74) is -4.31. The molecule has 1 aliphatic carbocycles. The summed E-state index contributed by atoms with van der Waals surface area (Å²) in [6, 6.07) is 2.90. The predicted molar refractivity (Wildman–Crippen MR) is 76.3 cm³/mol. The van der Waals surface area contributed by atoms with Crippen LogP contribution in [0.3, 0.4) is 0 Å². The van der Waals surface area contributed by atoms with Gasteiger partial charge in [-0.2, -0.15) is 13.2 Å². The number of rotatable bonds is 1. The fraction of sp³-hybridized carbons (Fsp3) is 0.357. The van der Waals surface area contributed by atoms with E-state index in [0.29, 0.717) is 24.0 Å². The molecule has 10 heteroatoms. The summed E-state index contributed by atoms with van der Waals surface area (Å²) in [4.78, 5) is 11.3. The molecule has 0 heterocycles. The number of carbonyl (C=O) groups excluding carboxylic acids is 1. The summed E-state index contributed by atoms with van der Waals surface area (Å²) in [5.74, 6) is -1.21. The van der Waals surface area contributed by atoms with Crippen LogP contribution >= 0.6 is 0 Å². The Morgan fingerprint density at radius 2 is 1.96 bits per heavy atom. The number of halogens is 4. The van der Waals surface area contributed by atoms with E-state index >= 15 is 0 Å². The van der Waals surface area contributed by atoms with Crippen LogP contribution in [0.25, 0.3) is 5.76 Å². The third kappa shape index (κ3) is 5.03. The molecule has 0 saturated carbocycles. The van der Waals surface area contributed by atoms with Gasteiger partial charge in [-0.05, 0) is 43.0 Å². The molecule has 0 amide bonds. The molecule has 1 N–H and O–H groups in total. The monoisotopic (exact) mass is 369 g/mol. The largest absolute Gasteiger partial charge is 0.766 e. The molecule has 0 fully saturated rings. The van der Waals surface area contributed by atoms with E-state index in [1.54, 1.807) is 12.1 Å². The van der Waals surface area contributed by atoms with Gasteiger partial charge < -0.3 is 14.4 Å². The summed E-state index contributed by atoms with van der Waals surface area (Å²) in [7, 11) is 1.21. The first-order chi connectivity index (χ1) is 11.1. The molecular weight excluding hydrogens is 356 g/mol. The molecule has 134 valence electrons. The maximum absolute atomic E-state index is 14.1. The standard InChI is InChI=1S/C13H13FO3.CHF3O2S/c1-17-13(16)10-7-6-8-9(12(10)14)4-2-3-5-11(8)15;2-1(3,4)7(5)6/h5-7,15H,2-4H2,1H3;(H,5,6)/p-1. The van der Waals surface area contributed by atoms with E-state index in [0.717, 1.165) is 6.42 Å². The van der Waals surface area contributed by atoms with Gasteiger partial charge in [-0.15, -0.1) is 0 Å². The molecule has 1 atom stereocenters. The van der Waals surface area contributed by atoms with Crippen LogP contribution in [0.1, 0.15) is 34.3 Å². The Morgan fingerprint density at radius 3 is 2.46 bits per heavy atom. The molecule has 2 rings (SSSR count). The first-order valence-electron chi connectivity index (χ1n) is 6.54. The molecule has 0 radical (unpaired) electrons. The SMILES string of the molecule is COC(=O)c1ccc2c(c1F)CCCC=C2O.O=S([O-])C(F)(F)F. The van der Waals surface area contributed by atoms with Crippen LogP contribution in [0.2, 0.25) is 0 Å². The summed E-state index contributed by atoms with van der Waals surface area (Å²) in [6.07, 6.45) is 3.63. The Morgan fingerprint density at radius 1 is 1.38 bits per heavy atom. The number of methoxy groups -OCH3 is 1. The number of hydrogen-bond donors (Lipinski definition) is 1. The number of alkyl halides is 3. The second-order valence-electron chi connectivity index (χ2n) is 4.61. The second kappa shape index (κ2) is 8.25. The van der Waals surface area contributed by atoms with E-state index < -0.39 is 28.4 Å². The van der Waals surface area contributed by atoms with Gasteiger partial charge in [0.25, 0.3) is 0 Å². The number of fused-ring (bicyclic) bond motifs is 1. The number of aliphatic hydroxyl groups is 1. The van der Waals surface area contributed by atoms with Gasteiger partial charge in [0.05, 0.1) is 23.8 Å². The molecule has 0 aromatic heterocycles. The minimum Gasteiger partial charge on any atom is -0.766 e. The van der Waals surface area contributed by atoms with E-state index in [1.165, 1.54) is 13.2 Å². The van der Waals surface area contributed by atoms with Crippen molar-refractivity contribution in [2.45, 2.75) is 24.8 Å². The smallest absolute Gasteiger partial charge is 0.458 e.